The molecule has 25 heavy (non-hydrogen) atoms. The minimum atomic E-state index is -3.72. The van der Waals surface area contributed by atoms with Crippen molar-refractivity contribution in [2.75, 3.05) is 17.5 Å². The van der Waals surface area contributed by atoms with Gasteiger partial charge in [0.1, 0.15) is 5.75 Å². The van der Waals surface area contributed by atoms with E-state index in [0.29, 0.717) is 30.0 Å². The summed E-state index contributed by atoms with van der Waals surface area (Å²) < 4.78 is 33.6. The Morgan fingerprint density at radius 1 is 1.00 bits per heavy atom. The van der Waals surface area contributed by atoms with Gasteiger partial charge >= 0.3 is 0 Å². The van der Waals surface area contributed by atoms with Gasteiger partial charge in [0.25, 0.3) is 10.0 Å². The van der Waals surface area contributed by atoms with Crippen molar-refractivity contribution in [3.8, 4) is 5.75 Å². The third kappa shape index (κ3) is 3.17. The Hall–Kier alpha value is -2.60. The highest BCUT2D eigenvalue weighted by molar-refractivity contribution is 7.93. The lowest BCUT2D eigenvalue weighted by Crippen LogP contribution is -2.31. The Morgan fingerprint density at radius 3 is 2.40 bits per heavy atom. The van der Waals surface area contributed by atoms with E-state index in [9.17, 15) is 8.42 Å². The van der Waals surface area contributed by atoms with Gasteiger partial charge in [0.15, 0.2) is 0 Å². The second kappa shape index (κ2) is 7.11. The summed E-state index contributed by atoms with van der Waals surface area (Å²) in [5, 5.41) is 1.43. The van der Waals surface area contributed by atoms with Crippen LogP contribution in [0, 0.1) is 0 Å². The molecule has 3 rings (SSSR count). The van der Waals surface area contributed by atoms with Gasteiger partial charge in [0.2, 0.25) is 0 Å². The minimum Gasteiger partial charge on any atom is -0.493 e. The van der Waals surface area contributed by atoms with Crippen molar-refractivity contribution in [2.24, 2.45) is 0 Å². The number of sulfonamides is 1. The first-order valence-electron chi connectivity index (χ1n) is 8.17. The van der Waals surface area contributed by atoms with Gasteiger partial charge in [-0.2, -0.15) is 0 Å². The molecule has 130 valence electrons. The van der Waals surface area contributed by atoms with Crippen LogP contribution in [0.5, 0.6) is 5.75 Å². The summed E-state index contributed by atoms with van der Waals surface area (Å²) in [5.74, 6) is 0.682. The lowest BCUT2D eigenvalue weighted by Gasteiger charge is -2.23. The molecule has 0 fully saturated rings. The lowest BCUT2D eigenvalue weighted by molar-refractivity contribution is 0.344. The number of ether oxygens (including phenoxy) is 1. The third-order valence-electron chi connectivity index (χ3n) is 3.93. The topological polar surface area (TPSA) is 59.5 Å². The molecule has 0 saturated carbocycles. The van der Waals surface area contributed by atoms with Crippen LogP contribution in [0.25, 0.3) is 10.8 Å². The van der Waals surface area contributed by atoms with E-state index in [1.54, 1.807) is 43.6 Å². The number of rotatable bonds is 6. The molecule has 0 bridgehead atoms. The van der Waals surface area contributed by atoms with Crippen LogP contribution in [0.2, 0.25) is 0 Å². The van der Waals surface area contributed by atoms with Crippen LogP contribution in [-0.4, -0.2) is 26.6 Å². The van der Waals surface area contributed by atoms with E-state index < -0.39 is 10.0 Å². The van der Waals surface area contributed by atoms with Crippen LogP contribution in [-0.2, 0) is 10.0 Å². The van der Waals surface area contributed by atoms with Crippen molar-refractivity contribution in [3.63, 3.8) is 0 Å². The first kappa shape index (κ1) is 17.2. The molecule has 1 heterocycles. The lowest BCUT2D eigenvalue weighted by atomic mass is 10.1. The van der Waals surface area contributed by atoms with Gasteiger partial charge in [0.05, 0.1) is 23.4 Å². The maximum Gasteiger partial charge on any atom is 0.264 e. The van der Waals surface area contributed by atoms with E-state index in [1.165, 1.54) is 4.31 Å². The Balaban J connectivity index is 2.19. The van der Waals surface area contributed by atoms with Crippen molar-refractivity contribution >= 4 is 26.5 Å². The molecule has 0 radical (unpaired) electrons. The standard InChI is InChI=1S/C19H20N2O3S/c1-3-21(15-8-7-13-20-14-15)25(22,23)19-12-11-18(24-4-2)16-9-5-6-10-17(16)19/h5-14H,3-4H2,1-2H3. The van der Waals surface area contributed by atoms with Gasteiger partial charge in [-0.05, 0) is 38.1 Å². The first-order valence-corrected chi connectivity index (χ1v) is 9.61. The highest BCUT2D eigenvalue weighted by atomic mass is 32.2. The number of benzene rings is 2. The van der Waals surface area contributed by atoms with Crippen LogP contribution >= 0.6 is 0 Å². The molecular weight excluding hydrogens is 336 g/mol. The molecule has 0 atom stereocenters. The van der Waals surface area contributed by atoms with Gasteiger partial charge in [-0.3, -0.25) is 9.29 Å². The summed E-state index contributed by atoms with van der Waals surface area (Å²) in [7, 11) is -3.72. The summed E-state index contributed by atoms with van der Waals surface area (Å²) >= 11 is 0. The van der Waals surface area contributed by atoms with Gasteiger partial charge in [-0.1, -0.05) is 24.3 Å². The molecule has 0 saturated heterocycles. The number of hydrogen-bond donors (Lipinski definition) is 0. The van der Waals surface area contributed by atoms with Gasteiger partial charge in [0, 0.05) is 23.5 Å². The quantitative estimate of drug-likeness (QED) is 0.673. The molecular formula is C19H20N2O3S. The van der Waals surface area contributed by atoms with E-state index >= 15 is 0 Å². The molecule has 0 unspecified atom stereocenters. The normalized spacial score (nSPS) is 11.4. The van der Waals surface area contributed by atoms with Gasteiger partial charge < -0.3 is 4.74 Å². The zero-order valence-corrected chi connectivity index (χ0v) is 15.0. The minimum absolute atomic E-state index is 0.261. The summed E-state index contributed by atoms with van der Waals surface area (Å²) in [5.41, 5.74) is 0.544. The van der Waals surface area contributed by atoms with E-state index in [4.69, 9.17) is 4.74 Å². The van der Waals surface area contributed by atoms with E-state index in [2.05, 4.69) is 4.98 Å². The van der Waals surface area contributed by atoms with Crippen molar-refractivity contribution in [3.05, 3.63) is 60.9 Å². The Bertz CT molecular complexity index is 972. The van der Waals surface area contributed by atoms with Gasteiger partial charge in [-0.15, -0.1) is 0 Å². The van der Waals surface area contributed by atoms with Crippen LogP contribution in [0.3, 0.4) is 0 Å². The number of pyridine rings is 1. The fourth-order valence-corrected chi connectivity index (χ4v) is 4.52. The molecule has 1 aromatic heterocycles. The molecule has 3 aromatic rings. The molecule has 0 amide bonds. The molecule has 0 spiro atoms. The largest absolute Gasteiger partial charge is 0.493 e. The molecule has 0 N–H and O–H groups in total. The van der Waals surface area contributed by atoms with E-state index in [0.717, 1.165) is 5.39 Å². The van der Waals surface area contributed by atoms with Crippen molar-refractivity contribution < 1.29 is 13.2 Å². The average molecular weight is 356 g/mol. The molecule has 2 aromatic carbocycles. The number of hydrogen-bond acceptors (Lipinski definition) is 4. The third-order valence-corrected chi connectivity index (χ3v) is 5.89. The fraction of sp³-hybridized carbons (Fsp3) is 0.211. The summed E-state index contributed by atoms with van der Waals surface area (Å²) in [6.45, 7) is 4.55. The van der Waals surface area contributed by atoms with E-state index in [-0.39, 0.29) is 4.90 Å². The predicted molar refractivity (Wildman–Crippen MR) is 99.6 cm³/mol. The average Bonchev–Trinajstić information content (AvgIpc) is 2.63. The zero-order chi connectivity index (χ0) is 17.9. The number of anilines is 1. The van der Waals surface area contributed by atoms with Crippen molar-refractivity contribution in [1.29, 1.82) is 0 Å². The molecule has 0 aliphatic heterocycles. The summed E-state index contributed by atoms with van der Waals surface area (Å²) in [4.78, 5) is 4.30. The van der Waals surface area contributed by atoms with Crippen LogP contribution < -0.4 is 9.04 Å². The van der Waals surface area contributed by atoms with Crippen LogP contribution in [0.4, 0.5) is 5.69 Å². The molecule has 0 aliphatic rings. The number of nitrogens with zero attached hydrogens (tertiary/aromatic N) is 2. The molecule has 0 aliphatic carbocycles. The highest BCUT2D eigenvalue weighted by Gasteiger charge is 2.26. The van der Waals surface area contributed by atoms with Gasteiger partial charge in [-0.25, -0.2) is 8.42 Å². The van der Waals surface area contributed by atoms with Crippen molar-refractivity contribution in [1.82, 2.24) is 4.98 Å². The molecule has 6 heteroatoms. The maximum atomic E-state index is 13.3. The number of fused-ring (bicyclic) bond motifs is 1. The second-order valence-electron chi connectivity index (χ2n) is 5.42. The van der Waals surface area contributed by atoms with Crippen LogP contribution in [0.1, 0.15) is 13.8 Å². The van der Waals surface area contributed by atoms with Crippen molar-refractivity contribution in [2.45, 2.75) is 18.7 Å². The fourth-order valence-electron chi connectivity index (χ4n) is 2.86. The Labute approximate surface area is 147 Å². The zero-order valence-electron chi connectivity index (χ0n) is 14.2. The first-order chi connectivity index (χ1) is 12.1. The molecule has 5 nitrogen and oxygen atoms in total. The summed E-state index contributed by atoms with van der Waals surface area (Å²) in [6, 6.07) is 14.2. The highest BCUT2D eigenvalue weighted by Crippen LogP contribution is 2.33. The second-order valence-corrected chi connectivity index (χ2v) is 7.25. The van der Waals surface area contributed by atoms with E-state index in [1.807, 2.05) is 31.2 Å². The SMILES string of the molecule is CCOc1ccc(S(=O)(=O)N(CC)c2cccnc2)c2ccccc12. The monoisotopic (exact) mass is 356 g/mol. The Kier molecular flexibility index (Phi) is 4.90. The smallest absolute Gasteiger partial charge is 0.264 e. The summed E-state index contributed by atoms with van der Waals surface area (Å²) in [6.07, 6.45) is 3.17. The predicted octanol–water partition coefficient (Wildman–Crippen LogP) is 3.85. The Morgan fingerprint density at radius 2 is 1.76 bits per heavy atom. The number of aromatic nitrogens is 1. The maximum absolute atomic E-state index is 13.3. The van der Waals surface area contributed by atoms with Crippen LogP contribution in [0.15, 0.2) is 65.8 Å².